The number of hydrogen-bond acceptors (Lipinski definition) is 4. The highest BCUT2D eigenvalue weighted by atomic mass is 16.4. The van der Waals surface area contributed by atoms with E-state index in [4.69, 9.17) is 5.11 Å². The first-order valence-corrected chi connectivity index (χ1v) is 10.1. The highest BCUT2D eigenvalue weighted by molar-refractivity contribution is 5.75. The maximum absolute atomic E-state index is 12.3. The number of aliphatic carboxylic acids is 1. The predicted octanol–water partition coefficient (Wildman–Crippen LogP) is 2.65. The number of benzene rings is 1. The Kier molecular flexibility index (Phi) is 5.64. The molecular weight excluding hydrogens is 368 g/mol. The molecule has 0 atom stereocenters. The Hall–Kier alpha value is -3.09. The van der Waals surface area contributed by atoms with Crippen molar-refractivity contribution in [3.8, 4) is 0 Å². The van der Waals surface area contributed by atoms with Gasteiger partial charge in [0, 0.05) is 38.9 Å². The van der Waals surface area contributed by atoms with Gasteiger partial charge in [-0.05, 0) is 42.0 Å². The van der Waals surface area contributed by atoms with Crippen molar-refractivity contribution in [2.75, 3.05) is 24.5 Å². The Morgan fingerprint density at radius 1 is 1.07 bits per heavy atom. The number of amides is 2. The van der Waals surface area contributed by atoms with E-state index in [9.17, 15) is 9.59 Å². The maximum Gasteiger partial charge on any atom is 0.317 e. The maximum atomic E-state index is 12.3. The van der Waals surface area contributed by atoms with Crippen LogP contribution in [-0.2, 0) is 24.3 Å². The van der Waals surface area contributed by atoms with Crippen LogP contribution in [0.1, 0.15) is 29.5 Å². The molecule has 29 heavy (non-hydrogen) atoms. The van der Waals surface area contributed by atoms with Crippen molar-refractivity contribution in [3.05, 3.63) is 59.3 Å². The molecule has 1 saturated heterocycles. The lowest BCUT2D eigenvalue weighted by Gasteiger charge is -2.30. The van der Waals surface area contributed by atoms with E-state index in [1.54, 1.807) is 4.90 Å². The molecule has 1 aromatic heterocycles. The summed E-state index contributed by atoms with van der Waals surface area (Å²) in [5.74, 6) is -0.156. The number of fused-ring (bicyclic) bond motifs is 1. The van der Waals surface area contributed by atoms with Gasteiger partial charge in [0.15, 0.2) is 0 Å². The highest BCUT2D eigenvalue weighted by Crippen LogP contribution is 2.23. The number of hydrogen-bond donors (Lipinski definition) is 2. The Bertz CT molecular complexity index is 876. The monoisotopic (exact) mass is 394 g/mol. The summed E-state index contributed by atoms with van der Waals surface area (Å²) < 4.78 is 0. The lowest BCUT2D eigenvalue weighted by atomic mass is 9.97. The molecule has 152 valence electrons. The van der Waals surface area contributed by atoms with E-state index < -0.39 is 5.97 Å². The normalized spacial score (nSPS) is 17.0. The summed E-state index contributed by atoms with van der Waals surface area (Å²) in [5.41, 5.74) is 3.71. The Morgan fingerprint density at radius 2 is 1.83 bits per heavy atom. The lowest BCUT2D eigenvalue weighted by molar-refractivity contribution is -0.143. The summed E-state index contributed by atoms with van der Waals surface area (Å²) in [5, 5.41) is 12.0. The van der Waals surface area contributed by atoms with Crippen LogP contribution in [0.4, 0.5) is 10.6 Å². The zero-order valence-electron chi connectivity index (χ0n) is 16.4. The fourth-order valence-corrected chi connectivity index (χ4v) is 4.02. The van der Waals surface area contributed by atoms with E-state index in [0.29, 0.717) is 32.5 Å². The average Bonchev–Trinajstić information content (AvgIpc) is 2.77. The zero-order valence-corrected chi connectivity index (χ0v) is 16.4. The third-order valence-corrected chi connectivity index (χ3v) is 5.84. The minimum Gasteiger partial charge on any atom is -0.481 e. The number of nitrogens with one attached hydrogen (secondary N) is 1. The van der Waals surface area contributed by atoms with Gasteiger partial charge in [-0.3, -0.25) is 4.79 Å². The largest absolute Gasteiger partial charge is 0.481 e. The molecule has 0 saturated carbocycles. The first kappa shape index (κ1) is 19.2. The smallest absolute Gasteiger partial charge is 0.317 e. The minimum atomic E-state index is -0.770. The molecule has 2 aromatic rings. The van der Waals surface area contributed by atoms with Crippen LogP contribution in [0.25, 0.3) is 0 Å². The molecule has 0 radical (unpaired) electrons. The Labute approximate surface area is 170 Å². The fraction of sp³-hybridized carbons (Fsp3) is 0.409. The number of pyridine rings is 1. The predicted molar refractivity (Wildman–Crippen MR) is 110 cm³/mol. The molecule has 7 nitrogen and oxygen atoms in total. The van der Waals surface area contributed by atoms with Crippen LogP contribution in [0.3, 0.4) is 0 Å². The number of carbonyl (C=O) groups excluding carboxylic acids is 1. The topological polar surface area (TPSA) is 85.8 Å². The van der Waals surface area contributed by atoms with Gasteiger partial charge in [-0.1, -0.05) is 30.3 Å². The quantitative estimate of drug-likeness (QED) is 0.833. The van der Waals surface area contributed by atoms with Gasteiger partial charge in [0.2, 0.25) is 0 Å². The average molecular weight is 394 g/mol. The molecule has 0 unspecified atom stereocenters. The molecule has 1 fully saturated rings. The van der Waals surface area contributed by atoms with Gasteiger partial charge in [-0.25, -0.2) is 9.78 Å². The number of urea groups is 1. The summed E-state index contributed by atoms with van der Waals surface area (Å²) in [6, 6.07) is 12.4. The molecule has 3 heterocycles. The molecule has 2 aliphatic rings. The van der Waals surface area contributed by atoms with Gasteiger partial charge in [0.1, 0.15) is 5.82 Å². The van der Waals surface area contributed by atoms with Crippen LogP contribution in [0, 0.1) is 5.92 Å². The first-order valence-electron chi connectivity index (χ1n) is 10.1. The van der Waals surface area contributed by atoms with Crippen molar-refractivity contribution < 1.29 is 14.7 Å². The number of anilines is 1. The van der Waals surface area contributed by atoms with Crippen molar-refractivity contribution in [2.45, 2.75) is 32.4 Å². The lowest BCUT2D eigenvalue weighted by Crippen LogP contribution is -2.45. The molecule has 4 rings (SSSR count). The van der Waals surface area contributed by atoms with E-state index in [-0.39, 0.29) is 11.9 Å². The van der Waals surface area contributed by atoms with Gasteiger partial charge < -0.3 is 20.2 Å². The number of aromatic nitrogens is 1. The second-order valence-corrected chi connectivity index (χ2v) is 7.72. The summed E-state index contributed by atoms with van der Waals surface area (Å²) >= 11 is 0. The molecule has 0 bridgehead atoms. The van der Waals surface area contributed by atoms with E-state index in [1.165, 1.54) is 11.1 Å². The van der Waals surface area contributed by atoms with Crippen molar-refractivity contribution in [2.24, 2.45) is 5.92 Å². The summed E-state index contributed by atoms with van der Waals surface area (Å²) in [6.45, 7) is 3.19. The van der Waals surface area contributed by atoms with E-state index in [2.05, 4.69) is 39.5 Å². The van der Waals surface area contributed by atoms with Crippen molar-refractivity contribution in [3.63, 3.8) is 0 Å². The number of carbonyl (C=O) groups is 2. The molecule has 0 aliphatic carbocycles. The van der Waals surface area contributed by atoms with Crippen LogP contribution in [0.2, 0.25) is 0 Å². The molecule has 1 aromatic carbocycles. The SMILES string of the molecule is O=C(O)C1CCN(C(=O)NCc2ccc(N3CCc4ccccc4C3)nc2)CC1. The van der Waals surface area contributed by atoms with Gasteiger partial charge in [-0.15, -0.1) is 0 Å². The second kappa shape index (κ2) is 8.51. The second-order valence-electron chi connectivity index (χ2n) is 7.72. The number of nitrogens with zero attached hydrogens (tertiary/aromatic N) is 3. The van der Waals surface area contributed by atoms with Crippen molar-refractivity contribution in [1.82, 2.24) is 15.2 Å². The number of piperidine rings is 1. The third-order valence-electron chi connectivity index (χ3n) is 5.84. The molecule has 2 N–H and O–H groups in total. The zero-order chi connectivity index (χ0) is 20.2. The number of rotatable bonds is 4. The van der Waals surface area contributed by atoms with E-state index >= 15 is 0 Å². The van der Waals surface area contributed by atoms with Crippen LogP contribution in [0.5, 0.6) is 0 Å². The minimum absolute atomic E-state index is 0.148. The highest BCUT2D eigenvalue weighted by Gasteiger charge is 2.26. The van der Waals surface area contributed by atoms with Gasteiger partial charge in [-0.2, -0.15) is 0 Å². The van der Waals surface area contributed by atoms with E-state index in [1.807, 2.05) is 18.3 Å². The summed E-state index contributed by atoms with van der Waals surface area (Å²) in [6.07, 6.45) is 3.86. The Morgan fingerprint density at radius 3 is 2.52 bits per heavy atom. The standard InChI is InChI=1S/C22H26N4O3/c27-21(28)18-8-10-25(11-9-18)22(29)24-14-16-5-6-20(23-13-16)26-12-7-17-3-1-2-4-19(17)15-26/h1-6,13,18H,7-12,14-15H2,(H,24,29)(H,27,28). The first-order chi connectivity index (χ1) is 14.1. The Balaban J connectivity index is 1.28. The molecule has 7 heteroatoms. The molecule has 0 spiro atoms. The van der Waals surface area contributed by atoms with Gasteiger partial charge >= 0.3 is 12.0 Å². The van der Waals surface area contributed by atoms with Gasteiger partial charge in [0.25, 0.3) is 0 Å². The van der Waals surface area contributed by atoms with Crippen LogP contribution < -0.4 is 10.2 Å². The van der Waals surface area contributed by atoms with Crippen LogP contribution >= 0.6 is 0 Å². The van der Waals surface area contributed by atoms with E-state index in [0.717, 1.165) is 30.9 Å². The van der Waals surface area contributed by atoms with Crippen LogP contribution in [0.15, 0.2) is 42.6 Å². The summed E-state index contributed by atoms with van der Waals surface area (Å²) in [7, 11) is 0. The van der Waals surface area contributed by atoms with Crippen molar-refractivity contribution >= 4 is 17.8 Å². The summed E-state index contributed by atoms with van der Waals surface area (Å²) in [4.78, 5) is 31.9. The third kappa shape index (κ3) is 4.50. The van der Waals surface area contributed by atoms with Crippen molar-refractivity contribution in [1.29, 1.82) is 0 Å². The molecular formula is C22H26N4O3. The molecule has 2 amide bonds. The number of likely N-dealkylation sites (tertiary alicyclic amines) is 1. The van der Waals surface area contributed by atoms with Gasteiger partial charge in [0.05, 0.1) is 5.92 Å². The molecule has 2 aliphatic heterocycles. The number of carboxylic acid groups (broad SMARTS) is 1. The number of carboxylic acids is 1. The fourth-order valence-electron chi connectivity index (χ4n) is 4.02. The van der Waals surface area contributed by atoms with Crippen LogP contribution in [-0.4, -0.2) is 46.6 Å².